The Kier molecular flexibility index (Phi) is 4.63. The number of benzene rings is 1. The zero-order chi connectivity index (χ0) is 18.0. The smallest absolute Gasteiger partial charge is 0.227 e. The fourth-order valence-corrected chi connectivity index (χ4v) is 2.93. The third-order valence-electron chi connectivity index (χ3n) is 4.50. The highest BCUT2D eigenvalue weighted by molar-refractivity contribution is 6.00. The van der Waals surface area contributed by atoms with Gasteiger partial charge in [-0.1, -0.05) is 17.7 Å². The number of furan rings is 1. The summed E-state index contributed by atoms with van der Waals surface area (Å²) in [5.74, 6) is -0.352. The Hall–Kier alpha value is -2.60. The molecule has 25 heavy (non-hydrogen) atoms. The summed E-state index contributed by atoms with van der Waals surface area (Å²) in [7, 11) is 0. The van der Waals surface area contributed by atoms with Crippen molar-refractivity contribution < 1.29 is 19.1 Å². The van der Waals surface area contributed by atoms with E-state index < -0.39 is 11.5 Å². The molecule has 0 aliphatic carbocycles. The van der Waals surface area contributed by atoms with Crippen LogP contribution in [0.5, 0.6) is 0 Å². The highest BCUT2D eigenvalue weighted by Gasteiger charge is 2.36. The summed E-state index contributed by atoms with van der Waals surface area (Å²) in [6.07, 6.45) is 1.64. The molecule has 0 saturated carbocycles. The fourth-order valence-electron chi connectivity index (χ4n) is 2.93. The molecule has 6 heteroatoms. The van der Waals surface area contributed by atoms with Gasteiger partial charge in [0.2, 0.25) is 11.8 Å². The average molecular weight is 342 g/mol. The molecule has 0 bridgehead atoms. The van der Waals surface area contributed by atoms with Crippen LogP contribution in [0.3, 0.4) is 0 Å². The third kappa shape index (κ3) is 3.74. The normalized spacial score (nSPS) is 19.7. The Morgan fingerprint density at radius 1 is 1.36 bits per heavy atom. The van der Waals surface area contributed by atoms with Crippen molar-refractivity contribution >= 4 is 17.5 Å². The molecule has 2 amide bonds. The molecule has 2 aromatic rings. The maximum Gasteiger partial charge on any atom is 0.227 e. The Labute approximate surface area is 146 Å². The first kappa shape index (κ1) is 17.2. The lowest BCUT2D eigenvalue weighted by molar-refractivity contribution is -0.127. The molecule has 2 atom stereocenters. The second kappa shape index (κ2) is 6.72. The van der Waals surface area contributed by atoms with Gasteiger partial charge in [-0.25, -0.2) is 0 Å². The predicted molar refractivity (Wildman–Crippen MR) is 92.9 cm³/mol. The largest absolute Gasteiger partial charge is 0.466 e. The van der Waals surface area contributed by atoms with E-state index in [0.717, 1.165) is 11.3 Å². The van der Waals surface area contributed by atoms with Crippen molar-refractivity contribution in [1.29, 1.82) is 0 Å². The van der Waals surface area contributed by atoms with E-state index in [4.69, 9.17) is 4.42 Å². The highest BCUT2D eigenvalue weighted by Crippen LogP contribution is 2.26. The van der Waals surface area contributed by atoms with E-state index in [-0.39, 0.29) is 24.8 Å². The maximum atomic E-state index is 12.4. The number of rotatable bonds is 5. The highest BCUT2D eigenvalue weighted by atomic mass is 16.4. The minimum Gasteiger partial charge on any atom is -0.466 e. The van der Waals surface area contributed by atoms with Crippen molar-refractivity contribution in [2.24, 2.45) is 5.92 Å². The molecule has 0 spiro atoms. The van der Waals surface area contributed by atoms with Gasteiger partial charge >= 0.3 is 0 Å². The molecule has 132 valence electrons. The molecule has 1 fully saturated rings. The molecular weight excluding hydrogens is 320 g/mol. The van der Waals surface area contributed by atoms with Crippen LogP contribution < -0.4 is 10.2 Å². The van der Waals surface area contributed by atoms with Crippen LogP contribution in [0.15, 0.2) is 47.1 Å². The first-order valence-corrected chi connectivity index (χ1v) is 8.28. The number of nitrogens with zero attached hydrogens (tertiary/aromatic N) is 1. The topological polar surface area (TPSA) is 82.8 Å². The van der Waals surface area contributed by atoms with Crippen LogP contribution in [0.1, 0.15) is 24.7 Å². The molecule has 3 rings (SSSR count). The number of hydrogen-bond acceptors (Lipinski definition) is 4. The summed E-state index contributed by atoms with van der Waals surface area (Å²) in [5.41, 5.74) is 0.622. The molecule has 1 aliphatic rings. The molecule has 6 nitrogen and oxygen atoms in total. The van der Waals surface area contributed by atoms with Crippen molar-refractivity contribution in [3.63, 3.8) is 0 Å². The molecule has 2 unspecified atom stereocenters. The quantitative estimate of drug-likeness (QED) is 0.870. The van der Waals surface area contributed by atoms with E-state index in [1.807, 2.05) is 31.2 Å². The van der Waals surface area contributed by atoms with Gasteiger partial charge in [0, 0.05) is 18.7 Å². The third-order valence-corrected chi connectivity index (χ3v) is 4.50. The van der Waals surface area contributed by atoms with Crippen LogP contribution in [0, 0.1) is 12.8 Å². The van der Waals surface area contributed by atoms with Gasteiger partial charge in [0.25, 0.3) is 0 Å². The van der Waals surface area contributed by atoms with Crippen molar-refractivity contribution in [2.75, 3.05) is 18.0 Å². The first-order chi connectivity index (χ1) is 11.9. The lowest BCUT2D eigenvalue weighted by Crippen LogP contribution is -2.41. The monoisotopic (exact) mass is 342 g/mol. The van der Waals surface area contributed by atoms with E-state index in [2.05, 4.69) is 5.32 Å². The van der Waals surface area contributed by atoms with E-state index >= 15 is 0 Å². The second-order valence-corrected chi connectivity index (χ2v) is 6.71. The molecule has 1 aliphatic heterocycles. The van der Waals surface area contributed by atoms with Gasteiger partial charge in [-0.05, 0) is 38.1 Å². The lowest BCUT2D eigenvalue weighted by atomic mass is 10.0. The van der Waals surface area contributed by atoms with Crippen molar-refractivity contribution in [3.05, 3.63) is 54.0 Å². The van der Waals surface area contributed by atoms with Crippen LogP contribution in [-0.2, 0) is 15.2 Å². The summed E-state index contributed by atoms with van der Waals surface area (Å²) >= 11 is 0. The van der Waals surface area contributed by atoms with Crippen molar-refractivity contribution in [1.82, 2.24) is 5.32 Å². The number of hydrogen-bond donors (Lipinski definition) is 2. The molecule has 1 saturated heterocycles. The van der Waals surface area contributed by atoms with Crippen LogP contribution in [0.2, 0.25) is 0 Å². The Morgan fingerprint density at radius 3 is 2.72 bits per heavy atom. The number of nitrogens with one attached hydrogen (secondary N) is 1. The van der Waals surface area contributed by atoms with Gasteiger partial charge in [-0.2, -0.15) is 0 Å². The summed E-state index contributed by atoms with van der Waals surface area (Å²) in [6.45, 7) is 3.92. The summed E-state index contributed by atoms with van der Waals surface area (Å²) in [5, 5.41) is 13.1. The molecule has 1 aromatic carbocycles. The van der Waals surface area contributed by atoms with Gasteiger partial charge in [0.15, 0.2) is 0 Å². The van der Waals surface area contributed by atoms with Crippen LogP contribution in [0.4, 0.5) is 5.69 Å². The molecule has 0 radical (unpaired) electrons. The average Bonchev–Trinajstić information content (AvgIpc) is 3.24. The summed E-state index contributed by atoms with van der Waals surface area (Å²) < 4.78 is 5.19. The van der Waals surface area contributed by atoms with Crippen molar-refractivity contribution in [3.8, 4) is 0 Å². The second-order valence-electron chi connectivity index (χ2n) is 6.71. The number of carbonyl (C=O) groups excluding carboxylic acids is 2. The fraction of sp³-hybridized carbons (Fsp3) is 0.368. The van der Waals surface area contributed by atoms with Crippen LogP contribution in [0.25, 0.3) is 0 Å². The number of anilines is 1. The van der Waals surface area contributed by atoms with Gasteiger partial charge in [0.1, 0.15) is 11.4 Å². The minimum atomic E-state index is -1.29. The summed E-state index contributed by atoms with van der Waals surface area (Å²) in [6, 6.07) is 11.0. The predicted octanol–water partition coefficient (Wildman–Crippen LogP) is 1.96. The van der Waals surface area contributed by atoms with Crippen LogP contribution in [-0.4, -0.2) is 30.0 Å². The van der Waals surface area contributed by atoms with E-state index in [1.165, 1.54) is 6.26 Å². The van der Waals surface area contributed by atoms with Gasteiger partial charge in [0.05, 0.1) is 18.7 Å². The van der Waals surface area contributed by atoms with Gasteiger partial charge < -0.3 is 19.7 Å². The Morgan fingerprint density at radius 2 is 2.08 bits per heavy atom. The molecule has 1 aromatic heterocycles. The van der Waals surface area contributed by atoms with Gasteiger partial charge in [-0.3, -0.25) is 9.59 Å². The number of aryl methyl sites for hydroxylation is 1. The number of amides is 2. The van der Waals surface area contributed by atoms with E-state index in [9.17, 15) is 14.7 Å². The van der Waals surface area contributed by atoms with Crippen molar-refractivity contribution in [2.45, 2.75) is 25.9 Å². The molecule has 2 heterocycles. The zero-order valence-corrected chi connectivity index (χ0v) is 14.4. The minimum absolute atomic E-state index is 0.0224. The summed E-state index contributed by atoms with van der Waals surface area (Å²) in [4.78, 5) is 26.3. The van der Waals surface area contributed by atoms with Crippen LogP contribution >= 0.6 is 0 Å². The molecule has 2 N–H and O–H groups in total. The first-order valence-electron chi connectivity index (χ1n) is 8.28. The standard InChI is InChI=1S/C19H22N2O4/c1-13-5-7-15(8-6-13)21-11-14(10-17(21)22)18(23)20-12-19(2,24)16-4-3-9-25-16/h3-9,14,24H,10-12H2,1-2H3,(H,20,23). The Bertz CT molecular complexity index is 750. The lowest BCUT2D eigenvalue weighted by Gasteiger charge is -2.22. The SMILES string of the molecule is Cc1ccc(N2CC(C(=O)NCC(C)(O)c3ccco3)CC2=O)cc1. The zero-order valence-electron chi connectivity index (χ0n) is 14.4. The van der Waals surface area contributed by atoms with Gasteiger partial charge in [-0.15, -0.1) is 0 Å². The van der Waals surface area contributed by atoms with E-state index in [1.54, 1.807) is 24.0 Å². The molecular formula is C19H22N2O4. The Balaban J connectivity index is 1.60. The van der Waals surface area contributed by atoms with E-state index in [0.29, 0.717) is 12.3 Å². The maximum absolute atomic E-state index is 12.4. The number of aliphatic hydroxyl groups is 1. The number of carbonyl (C=O) groups is 2.